The van der Waals surface area contributed by atoms with Crippen LogP contribution in [0.15, 0.2) is 0 Å². The van der Waals surface area contributed by atoms with Crippen LogP contribution in [-0.2, 0) is 4.79 Å². The lowest BCUT2D eigenvalue weighted by molar-refractivity contribution is -0.130. The number of nitrogens with one attached hydrogen (secondary N) is 2. The Morgan fingerprint density at radius 1 is 1.53 bits per heavy atom. The Bertz CT molecular complexity index is 210. The van der Waals surface area contributed by atoms with E-state index in [0.29, 0.717) is 6.04 Å². The molecule has 1 saturated heterocycles. The van der Waals surface area contributed by atoms with Gasteiger partial charge in [0.15, 0.2) is 0 Å². The van der Waals surface area contributed by atoms with Gasteiger partial charge >= 0.3 is 0 Å². The fourth-order valence-electron chi connectivity index (χ4n) is 2.10. The molecule has 2 N–H and O–H groups in total. The van der Waals surface area contributed by atoms with E-state index >= 15 is 0 Å². The molecule has 3 heteroatoms. The smallest absolute Gasteiger partial charge is 0.227 e. The first kappa shape index (κ1) is 12.5. The van der Waals surface area contributed by atoms with Gasteiger partial charge in [-0.1, -0.05) is 20.3 Å². The molecule has 0 spiro atoms. The summed E-state index contributed by atoms with van der Waals surface area (Å²) in [6.07, 6.45) is 4.21. The minimum absolute atomic E-state index is 0.179. The second kappa shape index (κ2) is 5.50. The van der Waals surface area contributed by atoms with Crippen molar-refractivity contribution in [2.75, 3.05) is 13.1 Å². The number of carbonyl (C=O) groups is 1. The van der Waals surface area contributed by atoms with E-state index in [-0.39, 0.29) is 11.3 Å². The number of rotatable bonds is 5. The fraction of sp³-hybridized carbons (Fsp3) is 0.917. The van der Waals surface area contributed by atoms with Gasteiger partial charge in [-0.3, -0.25) is 4.79 Å². The molecule has 88 valence electrons. The Morgan fingerprint density at radius 2 is 2.27 bits per heavy atom. The van der Waals surface area contributed by atoms with Crippen LogP contribution in [0.2, 0.25) is 0 Å². The van der Waals surface area contributed by atoms with E-state index in [2.05, 4.69) is 31.4 Å². The minimum atomic E-state index is -0.179. The fourth-order valence-corrected chi connectivity index (χ4v) is 2.10. The highest BCUT2D eigenvalue weighted by atomic mass is 16.2. The van der Waals surface area contributed by atoms with Gasteiger partial charge in [0.1, 0.15) is 0 Å². The van der Waals surface area contributed by atoms with Gasteiger partial charge in [0, 0.05) is 12.6 Å². The molecule has 1 amide bonds. The normalized spacial score (nSPS) is 27.7. The topological polar surface area (TPSA) is 41.1 Å². The molecule has 1 heterocycles. The molecule has 0 aromatic rings. The third-order valence-electron chi connectivity index (χ3n) is 3.38. The summed E-state index contributed by atoms with van der Waals surface area (Å²) < 4.78 is 0. The average molecular weight is 212 g/mol. The van der Waals surface area contributed by atoms with E-state index in [4.69, 9.17) is 0 Å². The zero-order chi connectivity index (χ0) is 11.3. The van der Waals surface area contributed by atoms with Crippen molar-refractivity contribution in [3.05, 3.63) is 0 Å². The highest BCUT2D eigenvalue weighted by molar-refractivity contribution is 5.83. The number of amides is 1. The first-order valence-corrected chi connectivity index (χ1v) is 6.14. The molecular weight excluding hydrogens is 188 g/mol. The summed E-state index contributed by atoms with van der Waals surface area (Å²) in [5.74, 6) is 0.229. The highest BCUT2D eigenvalue weighted by Gasteiger charge is 2.36. The van der Waals surface area contributed by atoms with Gasteiger partial charge < -0.3 is 10.6 Å². The molecule has 0 aromatic heterocycles. The van der Waals surface area contributed by atoms with Crippen LogP contribution in [0.25, 0.3) is 0 Å². The summed E-state index contributed by atoms with van der Waals surface area (Å²) in [5.41, 5.74) is -0.179. The quantitative estimate of drug-likeness (QED) is 0.728. The summed E-state index contributed by atoms with van der Waals surface area (Å²) in [6, 6.07) is 0.361. The van der Waals surface area contributed by atoms with E-state index in [0.717, 1.165) is 38.8 Å². The van der Waals surface area contributed by atoms with Crippen molar-refractivity contribution < 1.29 is 4.79 Å². The van der Waals surface area contributed by atoms with Crippen LogP contribution >= 0.6 is 0 Å². The largest absolute Gasteiger partial charge is 0.353 e. The Balaban J connectivity index is 2.45. The van der Waals surface area contributed by atoms with Gasteiger partial charge in [-0.15, -0.1) is 0 Å². The lowest BCUT2D eigenvalue weighted by atomic mass is 9.88. The van der Waals surface area contributed by atoms with Gasteiger partial charge in [0.25, 0.3) is 0 Å². The van der Waals surface area contributed by atoms with Gasteiger partial charge in [-0.05, 0) is 32.7 Å². The van der Waals surface area contributed by atoms with Gasteiger partial charge in [0.2, 0.25) is 5.91 Å². The maximum Gasteiger partial charge on any atom is 0.227 e. The molecule has 0 aliphatic carbocycles. The SMILES string of the molecule is CCCC(CC)NC(=O)C1(C)CCNC1. The third-order valence-corrected chi connectivity index (χ3v) is 3.38. The maximum atomic E-state index is 12.1. The van der Waals surface area contributed by atoms with Crippen LogP contribution < -0.4 is 10.6 Å². The molecule has 1 aliphatic rings. The summed E-state index contributed by atoms with van der Waals surface area (Å²) in [5, 5.41) is 6.43. The first-order valence-electron chi connectivity index (χ1n) is 6.14. The molecular formula is C12H24N2O. The van der Waals surface area contributed by atoms with E-state index in [1.54, 1.807) is 0 Å². The molecule has 0 radical (unpaired) electrons. The summed E-state index contributed by atoms with van der Waals surface area (Å²) >= 11 is 0. The van der Waals surface area contributed by atoms with Crippen molar-refractivity contribution in [1.82, 2.24) is 10.6 Å². The average Bonchev–Trinajstić information content (AvgIpc) is 2.65. The molecule has 2 unspecified atom stereocenters. The maximum absolute atomic E-state index is 12.1. The molecule has 0 bridgehead atoms. The Labute approximate surface area is 93.0 Å². The van der Waals surface area contributed by atoms with E-state index in [1.165, 1.54) is 0 Å². The summed E-state index contributed by atoms with van der Waals surface area (Å²) in [4.78, 5) is 12.1. The molecule has 1 rings (SSSR count). The van der Waals surface area contributed by atoms with Crippen LogP contribution in [0.1, 0.15) is 46.5 Å². The van der Waals surface area contributed by atoms with E-state index in [9.17, 15) is 4.79 Å². The number of hydrogen-bond donors (Lipinski definition) is 2. The minimum Gasteiger partial charge on any atom is -0.353 e. The predicted octanol–water partition coefficient (Wildman–Crippen LogP) is 1.68. The van der Waals surface area contributed by atoms with Crippen LogP contribution in [-0.4, -0.2) is 25.0 Å². The van der Waals surface area contributed by atoms with Crippen LogP contribution in [0.3, 0.4) is 0 Å². The Kier molecular flexibility index (Phi) is 4.58. The van der Waals surface area contributed by atoms with Crippen molar-refractivity contribution in [1.29, 1.82) is 0 Å². The van der Waals surface area contributed by atoms with Crippen LogP contribution in [0.5, 0.6) is 0 Å². The lowest BCUT2D eigenvalue weighted by Crippen LogP contribution is -2.45. The summed E-state index contributed by atoms with van der Waals surface area (Å²) in [6.45, 7) is 8.14. The van der Waals surface area contributed by atoms with Gasteiger partial charge in [0.05, 0.1) is 5.41 Å². The second-order valence-corrected chi connectivity index (χ2v) is 4.85. The molecule has 3 nitrogen and oxygen atoms in total. The van der Waals surface area contributed by atoms with Crippen molar-refractivity contribution in [3.8, 4) is 0 Å². The van der Waals surface area contributed by atoms with Crippen molar-refractivity contribution in [3.63, 3.8) is 0 Å². The van der Waals surface area contributed by atoms with Gasteiger partial charge in [-0.25, -0.2) is 0 Å². The number of hydrogen-bond acceptors (Lipinski definition) is 2. The Morgan fingerprint density at radius 3 is 2.73 bits per heavy atom. The zero-order valence-electron chi connectivity index (χ0n) is 10.2. The highest BCUT2D eigenvalue weighted by Crippen LogP contribution is 2.24. The van der Waals surface area contributed by atoms with Crippen molar-refractivity contribution in [2.45, 2.75) is 52.5 Å². The zero-order valence-corrected chi connectivity index (χ0v) is 10.2. The molecule has 1 aliphatic heterocycles. The van der Waals surface area contributed by atoms with Crippen molar-refractivity contribution >= 4 is 5.91 Å². The first-order chi connectivity index (χ1) is 7.12. The van der Waals surface area contributed by atoms with Crippen LogP contribution in [0, 0.1) is 5.41 Å². The van der Waals surface area contributed by atoms with E-state index < -0.39 is 0 Å². The third kappa shape index (κ3) is 3.20. The van der Waals surface area contributed by atoms with E-state index in [1.807, 2.05) is 0 Å². The molecule has 15 heavy (non-hydrogen) atoms. The monoisotopic (exact) mass is 212 g/mol. The molecule has 1 fully saturated rings. The molecule has 0 aromatic carbocycles. The standard InChI is InChI=1S/C12H24N2O/c1-4-6-10(5-2)14-11(15)12(3)7-8-13-9-12/h10,13H,4-9H2,1-3H3,(H,14,15). The second-order valence-electron chi connectivity index (χ2n) is 4.85. The lowest BCUT2D eigenvalue weighted by Gasteiger charge is -2.25. The summed E-state index contributed by atoms with van der Waals surface area (Å²) in [7, 11) is 0. The Hall–Kier alpha value is -0.570. The van der Waals surface area contributed by atoms with Crippen molar-refractivity contribution in [2.24, 2.45) is 5.41 Å². The molecule has 0 saturated carbocycles. The predicted molar refractivity (Wildman–Crippen MR) is 62.7 cm³/mol. The number of carbonyl (C=O) groups excluding carboxylic acids is 1. The van der Waals surface area contributed by atoms with Crippen LogP contribution in [0.4, 0.5) is 0 Å². The van der Waals surface area contributed by atoms with Gasteiger partial charge in [-0.2, -0.15) is 0 Å². The molecule has 2 atom stereocenters.